The number of carbonyl (C=O) groups is 1. The molecule has 1 aromatic heterocycles. The molecule has 0 atom stereocenters. The number of aromatic nitrogens is 1. The molecule has 0 bridgehead atoms. The number of nitrogens with one attached hydrogen (secondary N) is 1. The van der Waals surface area contributed by atoms with Crippen molar-refractivity contribution in [3.63, 3.8) is 0 Å². The molecular weight excluding hydrogens is 458 g/mol. The zero-order chi connectivity index (χ0) is 23.1. The zero-order valence-electron chi connectivity index (χ0n) is 17.6. The van der Waals surface area contributed by atoms with E-state index in [1.54, 1.807) is 36.9 Å². The van der Waals surface area contributed by atoms with Gasteiger partial charge in [0.05, 0.1) is 11.4 Å². The molecule has 4 rings (SSSR count). The molecule has 0 saturated carbocycles. The summed E-state index contributed by atoms with van der Waals surface area (Å²) in [5.41, 5.74) is 0.794. The third-order valence-electron chi connectivity index (χ3n) is 5.42. The fourth-order valence-electron chi connectivity index (χ4n) is 3.82. The molecule has 2 aliphatic rings. The number of rotatable bonds is 5. The number of hydrogen-bond acceptors (Lipinski definition) is 8. The third kappa shape index (κ3) is 4.02. The predicted molar refractivity (Wildman–Crippen MR) is 114 cm³/mol. The molecule has 1 fully saturated rings. The molecular formula is C19H23N5O6S2. The van der Waals surface area contributed by atoms with Crippen molar-refractivity contribution in [1.82, 2.24) is 19.1 Å². The van der Waals surface area contributed by atoms with Crippen LogP contribution in [0.5, 0.6) is 0 Å². The second kappa shape index (κ2) is 8.30. The number of aliphatic imine (C=N–C) groups is 1. The fraction of sp³-hybridized carbons (Fsp3) is 0.421. The Hall–Kier alpha value is -2.77. The number of hydrogen-bond donors (Lipinski definition) is 1. The summed E-state index contributed by atoms with van der Waals surface area (Å²) >= 11 is 0. The SMILES string of the molecule is Cc1noc(C)c1S(=O)(=O)N1CCN(C(=O)CCN=C2NS(=O)(=O)c3ccccc32)CC1. The summed E-state index contributed by atoms with van der Waals surface area (Å²) in [7, 11) is -7.37. The van der Waals surface area contributed by atoms with Gasteiger partial charge < -0.3 is 9.42 Å². The first-order valence-electron chi connectivity index (χ1n) is 9.99. The van der Waals surface area contributed by atoms with Crippen LogP contribution in [0.15, 0.2) is 43.6 Å². The lowest BCUT2D eigenvalue weighted by Crippen LogP contribution is -2.50. The van der Waals surface area contributed by atoms with Gasteiger partial charge in [-0.05, 0) is 26.0 Å². The quantitative estimate of drug-likeness (QED) is 0.645. The van der Waals surface area contributed by atoms with Crippen molar-refractivity contribution in [2.45, 2.75) is 30.1 Å². The summed E-state index contributed by atoms with van der Waals surface area (Å²) in [5.74, 6) is 0.297. The maximum absolute atomic E-state index is 12.9. The van der Waals surface area contributed by atoms with Crippen LogP contribution in [0.2, 0.25) is 0 Å². The fourth-order valence-corrected chi connectivity index (χ4v) is 6.79. The largest absolute Gasteiger partial charge is 0.360 e. The Bertz CT molecular complexity index is 1270. The van der Waals surface area contributed by atoms with Crippen molar-refractivity contribution in [2.24, 2.45) is 4.99 Å². The van der Waals surface area contributed by atoms with Crippen molar-refractivity contribution in [3.8, 4) is 0 Å². The highest BCUT2D eigenvalue weighted by atomic mass is 32.2. The summed E-state index contributed by atoms with van der Waals surface area (Å²) in [6.45, 7) is 4.09. The van der Waals surface area contributed by atoms with Crippen LogP contribution in [-0.4, -0.2) is 75.7 Å². The smallest absolute Gasteiger partial charge is 0.263 e. The molecule has 1 aromatic carbocycles. The molecule has 1 amide bonds. The van der Waals surface area contributed by atoms with E-state index >= 15 is 0 Å². The molecule has 0 spiro atoms. The summed E-state index contributed by atoms with van der Waals surface area (Å²) in [6.07, 6.45) is 0.0873. The van der Waals surface area contributed by atoms with E-state index in [4.69, 9.17) is 4.52 Å². The van der Waals surface area contributed by atoms with E-state index in [1.807, 2.05) is 0 Å². The van der Waals surface area contributed by atoms with Crippen LogP contribution >= 0.6 is 0 Å². The average molecular weight is 482 g/mol. The number of aryl methyl sites for hydroxylation is 2. The Morgan fingerprint density at radius 3 is 2.53 bits per heavy atom. The minimum atomic E-state index is -3.74. The highest BCUT2D eigenvalue weighted by Crippen LogP contribution is 2.25. The van der Waals surface area contributed by atoms with E-state index in [0.29, 0.717) is 11.3 Å². The molecule has 0 unspecified atom stereocenters. The maximum Gasteiger partial charge on any atom is 0.263 e. The van der Waals surface area contributed by atoms with Crippen LogP contribution < -0.4 is 4.72 Å². The van der Waals surface area contributed by atoms with Gasteiger partial charge in [0.25, 0.3) is 10.0 Å². The van der Waals surface area contributed by atoms with Gasteiger partial charge in [0.2, 0.25) is 15.9 Å². The van der Waals surface area contributed by atoms with E-state index in [2.05, 4.69) is 14.9 Å². The van der Waals surface area contributed by atoms with E-state index in [1.165, 1.54) is 10.4 Å². The highest BCUT2D eigenvalue weighted by Gasteiger charge is 2.34. The third-order valence-corrected chi connectivity index (χ3v) is 8.96. The average Bonchev–Trinajstić information content (AvgIpc) is 3.24. The lowest BCUT2D eigenvalue weighted by molar-refractivity contribution is -0.132. The number of benzene rings is 1. The van der Waals surface area contributed by atoms with Gasteiger partial charge >= 0.3 is 0 Å². The van der Waals surface area contributed by atoms with Crippen molar-refractivity contribution in [1.29, 1.82) is 0 Å². The Morgan fingerprint density at radius 2 is 1.88 bits per heavy atom. The van der Waals surface area contributed by atoms with Gasteiger partial charge in [-0.3, -0.25) is 14.5 Å². The van der Waals surface area contributed by atoms with Crippen molar-refractivity contribution in [3.05, 3.63) is 41.3 Å². The molecule has 172 valence electrons. The first-order chi connectivity index (χ1) is 15.1. The summed E-state index contributed by atoms with van der Waals surface area (Å²) in [5, 5.41) is 3.71. The lowest BCUT2D eigenvalue weighted by Gasteiger charge is -2.33. The molecule has 0 radical (unpaired) electrons. The monoisotopic (exact) mass is 481 g/mol. The number of amidine groups is 1. The minimum absolute atomic E-state index is 0.0763. The van der Waals surface area contributed by atoms with Gasteiger partial charge in [-0.15, -0.1) is 0 Å². The minimum Gasteiger partial charge on any atom is -0.360 e. The molecule has 0 aliphatic carbocycles. The zero-order valence-corrected chi connectivity index (χ0v) is 19.2. The number of fused-ring (bicyclic) bond motifs is 1. The summed E-state index contributed by atoms with van der Waals surface area (Å²) in [4.78, 5) is 18.7. The number of piperazine rings is 1. The Balaban J connectivity index is 1.35. The van der Waals surface area contributed by atoms with Crippen LogP contribution in [0.3, 0.4) is 0 Å². The number of nitrogens with zero attached hydrogens (tertiary/aromatic N) is 4. The van der Waals surface area contributed by atoms with Crippen molar-refractivity contribution in [2.75, 3.05) is 32.7 Å². The van der Waals surface area contributed by atoms with Crippen LogP contribution in [0.1, 0.15) is 23.4 Å². The van der Waals surface area contributed by atoms with Gasteiger partial charge in [0.15, 0.2) is 5.76 Å². The Kier molecular flexibility index (Phi) is 5.81. The van der Waals surface area contributed by atoms with Crippen molar-refractivity contribution < 1.29 is 26.2 Å². The van der Waals surface area contributed by atoms with Crippen LogP contribution in [0.25, 0.3) is 0 Å². The molecule has 32 heavy (non-hydrogen) atoms. The highest BCUT2D eigenvalue weighted by molar-refractivity contribution is 7.90. The maximum atomic E-state index is 12.9. The van der Waals surface area contributed by atoms with Gasteiger partial charge in [0.1, 0.15) is 16.4 Å². The Labute approximate surface area is 186 Å². The van der Waals surface area contributed by atoms with Crippen molar-refractivity contribution >= 4 is 31.8 Å². The van der Waals surface area contributed by atoms with Gasteiger partial charge in [-0.1, -0.05) is 17.3 Å². The number of carbonyl (C=O) groups excluding carboxylic acids is 1. The van der Waals surface area contributed by atoms with Gasteiger partial charge in [-0.2, -0.15) is 4.31 Å². The topological polar surface area (TPSA) is 142 Å². The second-order valence-corrected chi connectivity index (χ2v) is 11.0. The van der Waals surface area contributed by atoms with E-state index in [-0.39, 0.29) is 66.4 Å². The predicted octanol–water partition coefficient (Wildman–Crippen LogP) is 0.253. The molecule has 1 saturated heterocycles. The second-order valence-electron chi connectivity index (χ2n) is 7.52. The number of sulfonamides is 2. The van der Waals surface area contributed by atoms with Crippen LogP contribution in [-0.2, 0) is 24.8 Å². The Morgan fingerprint density at radius 1 is 1.19 bits per heavy atom. The first-order valence-corrected chi connectivity index (χ1v) is 12.9. The normalized spacial score (nSPS) is 19.7. The van der Waals surface area contributed by atoms with E-state index < -0.39 is 20.0 Å². The standard InChI is InChI=1S/C19H23N5O6S2/c1-13-18(14(2)30-21-13)32(28,29)24-11-9-23(10-12-24)17(25)7-8-20-19-15-5-3-4-6-16(15)31(26,27)22-19/h3-6H,7-12H2,1-2H3,(H,20,22). The molecule has 13 heteroatoms. The molecule has 2 aliphatic heterocycles. The first kappa shape index (κ1) is 22.4. The van der Waals surface area contributed by atoms with Crippen LogP contribution in [0.4, 0.5) is 0 Å². The lowest BCUT2D eigenvalue weighted by atomic mass is 10.2. The number of amides is 1. The molecule has 11 nitrogen and oxygen atoms in total. The van der Waals surface area contributed by atoms with Gasteiger partial charge in [-0.25, -0.2) is 16.8 Å². The molecule has 3 heterocycles. The molecule has 2 aromatic rings. The van der Waals surface area contributed by atoms with Gasteiger partial charge in [0, 0.05) is 38.2 Å². The van der Waals surface area contributed by atoms with Crippen LogP contribution in [0, 0.1) is 13.8 Å². The molecule has 1 N–H and O–H groups in total. The summed E-state index contributed by atoms with van der Waals surface area (Å²) in [6, 6.07) is 6.52. The van der Waals surface area contributed by atoms with E-state index in [0.717, 1.165) is 0 Å². The summed E-state index contributed by atoms with van der Waals surface area (Å²) < 4.78 is 58.7. The van der Waals surface area contributed by atoms with E-state index in [9.17, 15) is 21.6 Å².